The monoisotopic (exact) mass is 253 g/mol. The number of nitrogens with one attached hydrogen (secondary N) is 2. The maximum Gasteiger partial charge on any atom is 0.269 e. The van der Waals surface area contributed by atoms with Crippen molar-refractivity contribution >= 4 is 23.4 Å². The van der Waals surface area contributed by atoms with Gasteiger partial charge < -0.3 is 10.6 Å². The minimum atomic E-state index is -0.115. The van der Waals surface area contributed by atoms with E-state index in [9.17, 15) is 4.79 Å². The number of anilines is 1. The first kappa shape index (κ1) is 13.8. The number of hydrogen-bond acceptors (Lipinski definition) is 4. The summed E-state index contributed by atoms with van der Waals surface area (Å²) in [6.45, 7) is 2.84. The molecule has 1 aromatic heterocycles. The molecule has 1 amide bonds. The van der Waals surface area contributed by atoms with E-state index in [4.69, 9.17) is 0 Å². The summed E-state index contributed by atoms with van der Waals surface area (Å²) in [6.07, 6.45) is 4.67. The first-order chi connectivity index (χ1) is 8.17. The third kappa shape index (κ3) is 4.65. The molecule has 0 aliphatic carbocycles. The van der Waals surface area contributed by atoms with Gasteiger partial charge in [-0.2, -0.15) is 11.8 Å². The molecule has 1 rings (SSSR count). The molecule has 0 aliphatic rings. The van der Waals surface area contributed by atoms with Crippen LogP contribution in [0.5, 0.6) is 0 Å². The average molecular weight is 253 g/mol. The summed E-state index contributed by atoms with van der Waals surface area (Å²) in [6, 6.07) is 3.57. The molecule has 17 heavy (non-hydrogen) atoms. The van der Waals surface area contributed by atoms with Crippen molar-refractivity contribution in [1.29, 1.82) is 0 Å². The predicted molar refractivity (Wildman–Crippen MR) is 73.7 cm³/mol. The highest BCUT2D eigenvalue weighted by Crippen LogP contribution is 2.09. The number of hydrogen-bond donors (Lipinski definition) is 2. The average Bonchev–Trinajstić information content (AvgIpc) is 2.38. The molecule has 94 valence electrons. The molecule has 2 N–H and O–H groups in total. The zero-order valence-electron chi connectivity index (χ0n) is 10.5. The van der Waals surface area contributed by atoms with Crippen molar-refractivity contribution in [2.45, 2.75) is 18.6 Å². The van der Waals surface area contributed by atoms with Crippen molar-refractivity contribution in [3.05, 3.63) is 24.0 Å². The third-order valence-corrected chi connectivity index (χ3v) is 3.56. The quantitative estimate of drug-likeness (QED) is 0.814. The van der Waals surface area contributed by atoms with E-state index in [0.29, 0.717) is 17.5 Å². The molecule has 0 radical (unpaired) electrons. The Labute approximate surface area is 107 Å². The van der Waals surface area contributed by atoms with E-state index >= 15 is 0 Å². The van der Waals surface area contributed by atoms with Crippen LogP contribution in [0.25, 0.3) is 0 Å². The van der Waals surface area contributed by atoms with Crippen LogP contribution in [0.3, 0.4) is 0 Å². The smallest absolute Gasteiger partial charge is 0.269 e. The Bertz CT molecular complexity index is 371. The van der Waals surface area contributed by atoms with E-state index in [1.54, 1.807) is 24.0 Å². The van der Waals surface area contributed by atoms with Gasteiger partial charge in [-0.25, -0.2) is 0 Å². The second-order valence-electron chi connectivity index (χ2n) is 3.77. The lowest BCUT2D eigenvalue weighted by Gasteiger charge is -2.09. The second kappa shape index (κ2) is 7.17. The fraction of sp³-hybridized carbons (Fsp3) is 0.500. The van der Waals surface area contributed by atoms with Gasteiger partial charge in [-0.3, -0.25) is 9.78 Å². The van der Waals surface area contributed by atoms with Gasteiger partial charge in [-0.1, -0.05) is 6.92 Å². The summed E-state index contributed by atoms with van der Waals surface area (Å²) in [7, 11) is 1.82. The number of carbonyl (C=O) groups excluding carboxylic acids is 1. The Kier molecular flexibility index (Phi) is 5.83. The third-order valence-electron chi connectivity index (χ3n) is 2.52. The molecular weight excluding hydrogens is 234 g/mol. The second-order valence-corrected chi connectivity index (χ2v) is 5.05. The zero-order chi connectivity index (χ0) is 12.7. The van der Waals surface area contributed by atoms with Crippen molar-refractivity contribution in [3.63, 3.8) is 0 Å². The van der Waals surface area contributed by atoms with Gasteiger partial charge in [0.1, 0.15) is 5.69 Å². The van der Waals surface area contributed by atoms with E-state index in [0.717, 1.165) is 12.1 Å². The molecular formula is C12H19N3OS. The Morgan fingerprint density at radius 3 is 3.00 bits per heavy atom. The highest BCUT2D eigenvalue weighted by Gasteiger charge is 2.07. The van der Waals surface area contributed by atoms with Crippen molar-refractivity contribution in [2.24, 2.45) is 0 Å². The Morgan fingerprint density at radius 1 is 1.59 bits per heavy atom. The van der Waals surface area contributed by atoms with Crippen molar-refractivity contribution in [3.8, 4) is 0 Å². The van der Waals surface area contributed by atoms with Crippen LogP contribution in [0, 0.1) is 0 Å². The topological polar surface area (TPSA) is 54.0 Å². The van der Waals surface area contributed by atoms with E-state index in [1.165, 1.54) is 0 Å². The summed E-state index contributed by atoms with van der Waals surface area (Å²) in [5.41, 5.74) is 1.34. The fourth-order valence-electron chi connectivity index (χ4n) is 1.31. The summed E-state index contributed by atoms with van der Waals surface area (Å²) in [5.74, 6) is -0.115. The minimum absolute atomic E-state index is 0.115. The molecule has 0 aromatic carbocycles. The lowest BCUT2D eigenvalue weighted by molar-refractivity contribution is 0.0948. The van der Waals surface area contributed by atoms with Crippen molar-refractivity contribution < 1.29 is 4.79 Å². The number of amides is 1. The van der Waals surface area contributed by atoms with Gasteiger partial charge in [0.15, 0.2) is 0 Å². The van der Waals surface area contributed by atoms with Gasteiger partial charge in [-0.05, 0) is 24.8 Å². The van der Waals surface area contributed by atoms with Crippen LogP contribution in [0.2, 0.25) is 0 Å². The first-order valence-corrected chi connectivity index (χ1v) is 6.91. The molecule has 0 aliphatic heterocycles. The van der Waals surface area contributed by atoms with Crippen LogP contribution in [0.1, 0.15) is 23.8 Å². The highest BCUT2D eigenvalue weighted by atomic mass is 32.2. The maximum absolute atomic E-state index is 11.8. The predicted octanol–water partition coefficient (Wildman–Crippen LogP) is 1.99. The molecule has 0 spiro atoms. The first-order valence-electron chi connectivity index (χ1n) is 5.62. The van der Waals surface area contributed by atoms with Gasteiger partial charge >= 0.3 is 0 Å². The number of rotatable bonds is 6. The molecule has 4 nitrogen and oxygen atoms in total. The molecule has 1 unspecified atom stereocenters. The molecule has 1 atom stereocenters. The molecule has 1 aromatic rings. The summed E-state index contributed by atoms with van der Waals surface area (Å²) < 4.78 is 0. The number of nitrogens with zero attached hydrogens (tertiary/aromatic N) is 1. The number of carbonyl (C=O) groups is 1. The SMILES string of the molecule is CNc1ccnc(C(=O)NCCC(C)SC)c1. The molecule has 0 saturated carbocycles. The minimum Gasteiger partial charge on any atom is -0.388 e. The van der Waals surface area contributed by atoms with E-state index < -0.39 is 0 Å². The zero-order valence-corrected chi connectivity index (χ0v) is 11.3. The van der Waals surface area contributed by atoms with Gasteiger partial charge in [0, 0.05) is 30.7 Å². The van der Waals surface area contributed by atoms with Crippen molar-refractivity contribution in [2.75, 3.05) is 25.2 Å². The maximum atomic E-state index is 11.8. The van der Waals surface area contributed by atoms with Crippen LogP contribution < -0.4 is 10.6 Å². The van der Waals surface area contributed by atoms with Crippen LogP contribution in [-0.2, 0) is 0 Å². The number of thioether (sulfide) groups is 1. The number of pyridine rings is 1. The van der Waals surface area contributed by atoms with Gasteiger partial charge in [0.05, 0.1) is 0 Å². The van der Waals surface area contributed by atoms with E-state index in [1.807, 2.05) is 13.1 Å². The summed E-state index contributed by atoms with van der Waals surface area (Å²) in [4.78, 5) is 15.8. The summed E-state index contributed by atoms with van der Waals surface area (Å²) >= 11 is 1.80. The van der Waals surface area contributed by atoms with Gasteiger partial charge in [-0.15, -0.1) is 0 Å². The molecule has 0 fully saturated rings. The fourth-order valence-corrected chi connectivity index (χ4v) is 1.66. The standard InChI is InChI=1S/C12H19N3OS/c1-9(17-3)4-6-15-12(16)11-8-10(13-2)5-7-14-11/h5,7-9H,4,6H2,1-3H3,(H,13,14)(H,15,16). The van der Waals surface area contributed by atoms with Crippen LogP contribution >= 0.6 is 11.8 Å². The van der Waals surface area contributed by atoms with E-state index in [-0.39, 0.29) is 5.91 Å². The molecule has 1 heterocycles. The number of aromatic nitrogens is 1. The van der Waals surface area contributed by atoms with Crippen LogP contribution in [-0.4, -0.2) is 36.0 Å². The Morgan fingerprint density at radius 2 is 2.35 bits per heavy atom. The van der Waals surface area contributed by atoms with Gasteiger partial charge in [0.25, 0.3) is 5.91 Å². The molecule has 5 heteroatoms. The van der Waals surface area contributed by atoms with Gasteiger partial charge in [0.2, 0.25) is 0 Å². The Balaban J connectivity index is 2.46. The normalized spacial score (nSPS) is 11.9. The molecule has 0 saturated heterocycles. The lowest BCUT2D eigenvalue weighted by Crippen LogP contribution is -2.26. The Hall–Kier alpha value is -1.23. The molecule has 0 bridgehead atoms. The highest BCUT2D eigenvalue weighted by molar-refractivity contribution is 7.99. The lowest BCUT2D eigenvalue weighted by atomic mass is 10.3. The largest absolute Gasteiger partial charge is 0.388 e. The van der Waals surface area contributed by atoms with Crippen LogP contribution in [0.4, 0.5) is 5.69 Å². The van der Waals surface area contributed by atoms with Crippen LogP contribution in [0.15, 0.2) is 18.3 Å². The van der Waals surface area contributed by atoms with E-state index in [2.05, 4.69) is 28.8 Å². The van der Waals surface area contributed by atoms with Crippen molar-refractivity contribution in [1.82, 2.24) is 10.3 Å². The summed E-state index contributed by atoms with van der Waals surface area (Å²) in [5, 5.41) is 6.42.